The Balaban J connectivity index is 1.45. The molecule has 2 heterocycles. The fraction of sp³-hybridized carbons (Fsp3) is 0.154. The van der Waals surface area contributed by atoms with Crippen LogP contribution in [0.25, 0.3) is 0 Å². The van der Waals surface area contributed by atoms with Crippen molar-refractivity contribution in [3.8, 4) is 23.0 Å². The lowest BCUT2D eigenvalue weighted by molar-refractivity contribution is -0.116. The first-order valence-corrected chi connectivity index (χ1v) is 10.6. The lowest BCUT2D eigenvalue weighted by Gasteiger charge is -2.27. The van der Waals surface area contributed by atoms with E-state index in [0.717, 1.165) is 16.7 Å². The van der Waals surface area contributed by atoms with Gasteiger partial charge in [-0.25, -0.2) is 4.68 Å². The van der Waals surface area contributed by atoms with Gasteiger partial charge < -0.3 is 19.5 Å². The summed E-state index contributed by atoms with van der Waals surface area (Å²) in [5.41, 5.74) is 2.54. The van der Waals surface area contributed by atoms with Crippen LogP contribution in [0.5, 0.6) is 23.0 Å². The quantitative estimate of drug-likeness (QED) is 0.464. The Labute approximate surface area is 191 Å². The molecule has 0 saturated heterocycles. The van der Waals surface area contributed by atoms with Gasteiger partial charge in [-0.05, 0) is 18.2 Å². The van der Waals surface area contributed by atoms with E-state index in [1.165, 1.54) is 0 Å². The molecule has 0 aliphatic carbocycles. The number of nitrogens with zero attached hydrogens (tertiary/aromatic N) is 2. The lowest BCUT2D eigenvalue weighted by Crippen LogP contribution is -2.26. The zero-order chi connectivity index (χ0) is 22.8. The molecule has 0 unspecified atom stereocenters. The van der Waals surface area contributed by atoms with E-state index in [1.807, 2.05) is 66.7 Å². The number of carbonyl (C=O) groups is 1. The van der Waals surface area contributed by atoms with E-state index < -0.39 is 5.92 Å². The Bertz CT molecular complexity index is 1270. The highest BCUT2D eigenvalue weighted by Crippen LogP contribution is 2.44. The van der Waals surface area contributed by atoms with Gasteiger partial charge in [0.2, 0.25) is 5.91 Å². The van der Waals surface area contributed by atoms with Gasteiger partial charge in [0, 0.05) is 22.8 Å². The monoisotopic (exact) mass is 441 g/mol. The average Bonchev–Trinajstić information content (AvgIpc) is 3.28. The van der Waals surface area contributed by atoms with Crippen LogP contribution in [-0.2, 0) is 11.3 Å². The molecule has 7 heteroatoms. The summed E-state index contributed by atoms with van der Waals surface area (Å²) in [6.45, 7) is 0.407. The Kier molecular flexibility index (Phi) is 5.44. The highest BCUT2D eigenvalue weighted by atomic mass is 16.5. The van der Waals surface area contributed by atoms with Gasteiger partial charge in [-0.1, -0.05) is 48.5 Å². The second-order valence-corrected chi connectivity index (χ2v) is 7.63. The predicted octanol–water partition coefficient (Wildman–Crippen LogP) is 4.82. The standard InChI is InChI=1S/C26H23N3O4/c1-31-22-13-7-8-17(25(22)32-2)16-29-23(14-15-27-29)28-26(30)24-18-9-3-5-11-20(18)33-21-12-6-4-10-19(21)24/h3-15,24H,16H2,1-2H3,(H,28,30). The number of para-hydroxylation sites is 3. The minimum absolute atomic E-state index is 0.155. The molecule has 1 amide bonds. The number of rotatable bonds is 6. The van der Waals surface area contributed by atoms with Crippen LogP contribution in [0, 0.1) is 0 Å². The maximum Gasteiger partial charge on any atom is 0.237 e. The van der Waals surface area contributed by atoms with E-state index in [1.54, 1.807) is 31.2 Å². The van der Waals surface area contributed by atoms with Gasteiger partial charge in [0.05, 0.1) is 32.9 Å². The molecule has 1 aliphatic rings. The van der Waals surface area contributed by atoms with Crippen LogP contribution in [0.3, 0.4) is 0 Å². The first-order valence-electron chi connectivity index (χ1n) is 10.6. The predicted molar refractivity (Wildman–Crippen MR) is 124 cm³/mol. The summed E-state index contributed by atoms with van der Waals surface area (Å²) >= 11 is 0. The number of ether oxygens (including phenoxy) is 3. The van der Waals surface area contributed by atoms with Crippen LogP contribution < -0.4 is 19.5 Å². The molecule has 1 N–H and O–H groups in total. The van der Waals surface area contributed by atoms with E-state index in [-0.39, 0.29) is 5.91 Å². The molecule has 7 nitrogen and oxygen atoms in total. The van der Waals surface area contributed by atoms with Crippen molar-refractivity contribution in [1.29, 1.82) is 0 Å². The first-order chi connectivity index (χ1) is 16.2. The van der Waals surface area contributed by atoms with Crippen molar-refractivity contribution in [1.82, 2.24) is 9.78 Å². The second-order valence-electron chi connectivity index (χ2n) is 7.63. The largest absolute Gasteiger partial charge is 0.493 e. The molecule has 5 rings (SSSR count). The van der Waals surface area contributed by atoms with Crippen LogP contribution in [0.4, 0.5) is 5.82 Å². The molecule has 4 aromatic rings. The van der Waals surface area contributed by atoms with Crippen molar-refractivity contribution in [3.05, 3.63) is 95.7 Å². The van der Waals surface area contributed by atoms with Crippen LogP contribution in [0.1, 0.15) is 22.6 Å². The minimum atomic E-state index is -0.499. The van der Waals surface area contributed by atoms with Gasteiger partial charge in [0.1, 0.15) is 17.3 Å². The number of aromatic nitrogens is 2. The Hall–Kier alpha value is -4.26. The van der Waals surface area contributed by atoms with Gasteiger partial charge in [-0.2, -0.15) is 5.10 Å². The minimum Gasteiger partial charge on any atom is -0.493 e. The Morgan fingerprint density at radius 2 is 1.64 bits per heavy atom. The van der Waals surface area contributed by atoms with E-state index in [0.29, 0.717) is 35.4 Å². The van der Waals surface area contributed by atoms with Crippen molar-refractivity contribution < 1.29 is 19.0 Å². The zero-order valence-electron chi connectivity index (χ0n) is 18.3. The zero-order valence-corrected chi connectivity index (χ0v) is 18.3. The number of benzene rings is 3. The number of anilines is 1. The third kappa shape index (κ3) is 3.78. The molecule has 0 spiro atoms. The summed E-state index contributed by atoms with van der Waals surface area (Å²) in [6, 6.07) is 22.7. The van der Waals surface area contributed by atoms with E-state index in [4.69, 9.17) is 14.2 Å². The molecule has 3 aromatic carbocycles. The molecule has 0 bridgehead atoms. The Morgan fingerprint density at radius 3 is 2.30 bits per heavy atom. The summed E-state index contributed by atoms with van der Waals surface area (Å²) in [5.74, 6) is 2.59. The second kappa shape index (κ2) is 8.70. The van der Waals surface area contributed by atoms with Crippen molar-refractivity contribution in [3.63, 3.8) is 0 Å². The van der Waals surface area contributed by atoms with Crippen molar-refractivity contribution in [2.45, 2.75) is 12.5 Å². The highest BCUT2D eigenvalue weighted by molar-refractivity contribution is 5.99. The molecule has 166 valence electrons. The molecule has 0 saturated carbocycles. The fourth-order valence-corrected chi connectivity index (χ4v) is 4.20. The van der Waals surface area contributed by atoms with Crippen molar-refractivity contribution in [2.24, 2.45) is 0 Å². The summed E-state index contributed by atoms with van der Waals surface area (Å²) in [6.07, 6.45) is 1.66. The summed E-state index contributed by atoms with van der Waals surface area (Å²) < 4.78 is 18.7. The normalized spacial score (nSPS) is 12.3. The summed E-state index contributed by atoms with van der Waals surface area (Å²) in [5, 5.41) is 7.47. The maximum atomic E-state index is 13.6. The average molecular weight is 441 g/mol. The number of hydrogen-bond donors (Lipinski definition) is 1. The third-order valence-corrected chi connectivity index (χ3v) is 5.71. The van der Waals surface area contributed by atoms with Gasteiger partial charge in [0.15, 0.2) is 11.5 Å². The number of carbonyl (C=O) groups excluding carboxylic acids is 1. The summed E-state index contributed by atoms with van der Waals surface area (Å²) in [7, 11) is 3.21. The molecule has 33 heavy (non-hydrogen) atoms. The molecule has 0 atom stereocenters. The Morgan fingerprint density at radius 1 is 0.939 bits per heavy atom. The van der Waals surface area contributed by atoms with Gasteiger partial charge in [-0.15, -0.1) is 0 Å². The number of hydrogen-bond acceptors (Lipinski definition) is 5. The van der Waals surface area contributed by atoms with E-state index in [9.17, 15) is 4.79 Å². The molecule has 0 fully saturated rings. The van der Waals surface area contributed by atoms with E-state index >= 15 is 0 Å². The molecule has 1 aliphatic heterocycles. The lowest BCUT2D eigenvalue weighted by atomic mass is 9.87. The SMILES string of the molecule is COc1cccc(Cn2nccc2NC(=O)C2c3ccccc3Oc3ccccc32)c1OC. The van der Waals surface area contributed by atoms with Crippen LogP contribution in [0.2, 0.25) is 0 Å². The molecule has 0 radical (unpaired) electrons. The number of amides is 1. The van der Waals surface area contributed by atoms with Gasteiger partial charge >= 0.3 is 0 Å². The van der Waals surface area contributed by atoms with E-state index in [2.05, 4.69) is 10.4 Å². The van der Waals surface area contributed by atoms with Crippen molar-refractivity contribution in [2.75, 3.05) is 19.5 Å². The van der Waals surface area contributed by atoms with Gasteiger partial charge in [0.25, 0.3) is 0 Å². The van der Waals surface area contributed by atoms with Crippen LogP contribution in [0.15, 0.2) is 79.0 Å². The van der Waals surface area contributed by atoms with Crippen molar-refractivity contribution >= 4 is 11.7 Å². The molecular weight excluding hydrogens is 418 g/mol. The van der Waals surface area contributed by atoms with Crippen LogP contribution in [-0.4, -0.2) is 29.9 Å². The molecule has 1 aromatic heterocycles. The van der Waals surface area contributed by atoms with Crippen LogP contribution >= 0.6 is 0 Å². The van der Waals surface area contributed by atoms with Gasteiger partial charge in [-0.3, -0.25) is 4.79 Å². The number of methoxy groups -OCH3 is 2. The fourth-order valence-electron chi connectivity index (χ4n) is 4.20. The molecular formula is C26H23N3O4. The topological polar surface area (TPSA) is 74.6 Å². The number of fused-ring (bicyclic) bond motifs is 2. The maximum absolute atomic E-state index is 13.6. The third-order valence-electron chi connectivity index (χ3n) is 5.71. The smallest absolute Gasteiger partial charge is 0.237 e. The first kappa shape index (κ1) is 20.6. The number of nitrogens with one attached hydrogen (secondary N) is 1. The highest BCUT2D eigenvalue weighted by Gasteiger charge is 2.32. The summed E-state index contributed by atoms with van der Waals surface area (Å²) in [4.78, 5) is 13.6.